The fourth-order valence-corrected chi connectivity index (χ4v) is 5.06. The van der Waals surface area contributed by atoms with Gasteiger partial charge >= 0.3 is 5.69 Å². The van der Waals surface area contributed by atoms with Gasteiger partial charge in [-0.15, -0.1) is 0 Å². The zero-order valence-electron chi connectivity index (χ0n) is 16.1. The summed E-state index contributed by atoms with van der Waals surface area (Å²) in [5.41, 5.74) is 1.39. The molecule has 1 atom stereocenters. The van der Waals surface area contributed by atoms with Crippen molar-refractivity contribution in [1.29, 1.82) is 0 Å². The number of para-hydroxylation sites is 1. The van der Waals surface area contributed by atoms with E-state index in [9.17, 15) is 14.4 Å². The van der Waals surface area contributed by atoms with Crippen molar-refractivity contribution in [2.45, 2.75) is 24.0 Å². The highest BCUT2D eigenvalue weighted by Crippen LogP contribution is 2.34. The number of hydrogen-bond acceptors (Lipinski definition) is 6. The van der Waals surface area contributed by atoms with Gasteiger partial charge in [0.15, 0.2) is 0 Å². The summed E-state index contributed by atoms with van der Waals surface area (Å²) >= 11 is 3.30. The second kappa shape index (κ2) is 8.11. The average Bonchev–Trinajstić information content (AvgIpc) is 3.26. The lowest BCUT2D eigenvalue weighted by atomic mass is 10.1. The van der Waals surface area contributed by atoms with E-state index in [0.717, 1.165) is 27.3 Å². The number of carbonyl (C=O) groups is 1. The number of carbonyl (C=O) groups excluding carboxylic acids is 1. The Labute approximate surface area is 175 Å². The fourth-order valence-electron chi connectivity index (χ4n) is 3.56. The van der Waals surface area contributed by atoms with Gasteiger partial charge in [0.05, 0.1) is 16.6 Å². The van der Waals surface area contributed by atoms with Gasteiger partial charge in [-0.2, -0.15) is 28.6 Å². The van der Waals surface area contributed by atoms with Crippen LogP contribution >= 0.6 is 23.5 Å². The first-order valence-corrected chi connectivity index (χ1v) is 11.7. The normalized spacial score (nSPS) is 14.1. The third kappa shape index (κ3) is 3.62. The number of nitrogens with zero attached hydrogens (tertiary/aromatic N) is 3. The predicted octanol–water partition coefficient (Wildman–Crippen LogP) is 2.10. The third-order valence-corrected chi connectivity index (χ3v) is 6.62. The van der Waals surface area contributed by atoms with Gasteiger partial charge in [0.1, 0.15) is 11.9 Å². The Morgan fingerprint density at radius 3 is 2.93 bits per heavy atom. The lowest BCUT2D eigenvalue weighted by molar-refractivity contribution is -0.119. The number of fused-ring (bicyclic) bond motifs is 2. The Kier molecular flexibility index (Phi) is 5.55. The summed E-state index contributed by atoms with van der Waals surface area (Å²) in [5, 5.41) is 7.76. The quantitative estimate of drug-likeness (QED) is 0.620. The highest BCUT2D eigenvalue weighted by Gasteiger charge is 2.28. The maximum Gasteiger partial charge on any atom is 0.329 e. The minimum atomic E-state index is -0.914. The molecule has 0 radical (unpaired) electrons. The summed E-state index contributed by atoms with van der Waals surface area (Å²) < 4.78 is 2.69. The molecule has 0 bridgehead atoms. The summed E-state index contributed by atoms with van der Waals surface area (Å²) in [5.74, 6) is 2.48. The summed E-state index contributed by atoms with van der Waals surface area (Å²) in [4.78, 5) is 41.7. The SMILES string of the molecule is CSCCC(C(=O)Nc1c2c(nn1C)CSC2)n1c(=O)[nH]c2ccccc2c1=O. The van der Waals surface area contributed by atoms with Gasteiger partial charge in [0.25, 0.3) is 5.56 Å². The Morgan fingerprint density at radius 1 is 1.34 bits per heavy atom. The van der Waals surface area contributed by atoms with Gasteiger partial charge in [-0.05, 0) is 30.6 Å². The zero-order valence-corrected chi connectivity index (χ0v) is 17.7. The van der Waals surface area contributed by atoms with Gasteiger partial charge in [-0.25, -0.2) is 9.36 Å². The van der Waals surface area contributed by atoms with Crippen molar-refractivity contribution >= 4 is 46.2 Å². The number of rotatable bonds is 6. The molecule has 1 aliphatic heterocycles. The van der Waals surface area contributed by atoms with Crippen LogP contribution in [-0.4, -0.2) is 37.2 Å². The number of thioether (sulfide) groups is 2. The molecule has 3 heterocycles. The summed E-state index contributed by atoms with van der Waals surface area (Å²) in [6.07, 6.45) is 2.29. The molecule has 3 aromatic rings. The number of aromatic nitrogens is 4. The first kappa shape index (κ1) is 19.8. The van der Waals surface area contributed by atoms with Crippen LogP contribution in [0.4, 0.5) is 5.82 Å². The molecule has 29 heavy (non-hydrogen) atoms. The molecular weight excluding hydrogens is 410 g/mol. The Morgan fingerprint density at radius 2 is 2.14 bits per heavy atom. The van der Waals surface area contributed by atoms with Gasteiger partial charge in [0.2, 0.25) is 5.91 Å². The summed E-state index contributed by atoms with van der Waals surface area (Å²) in [6, 6.07) is 5.90. The van der Waals surface area contributed by atoms with E-state index in [-0.39, 0.29) is 5.91 Å². The highest BCUT2D eigenvalue weighted by atomic mass is 32.2. The first-order valence-electron chi connectivity index (χ1n) is 9.17. The van der Waals surface area contributed by atoms with E-state index in [4.69, 9.17) is 0 Å². The molecule has 8 nitrogen and oxygen atoms in total. The maximum atomic E-state index is 13.2. The van der Waals surface area contributed by atoms with E-state index >= 15 is 0 Å². The van der Waals surface area contributed by atoms with Crippen molar-refractivity contribution in [3.63, 3.8) is 0 Å². The Balaban J connectivity index is 1.76. The van der Waals surface area contributed by atoms with Crippen LogP contribution in [0.15, 0.2) is 33.9 Å². The van der Waals surface area contributed by atoms with Crippen LogP contribution in [0.2, 0.25) is 0 Å². The van der Waals surface area contributed by atoms with Gasteiger partial charge in [0, 0.05) is 24.1 Å². The van der Waals surface area contributed by atoms with Crippen molar-refractivity contribution in [1.82, 2.24) is 19.3 Å². The monoisotopic (exact) mass is 431 g/mol. The summed E-state index contributed by atoms with van der Waals surface area (Å²) in [6.45, 7) is 0. The van der Waals surface area contributed by atoms with Crippen LogP contribution in [0.3, 0.4) is 0 Å². The van der Waals surface area contributed by atoms with E-state index in [0.29, 0.717) is 28.9 Å². The molecule has 2 N–H and O–H groups in total. The molecular formula is C19H21N5O3S2. The van der Waals surface area contributed by atoms with E-state index in [1.807, 2.05) is 6.26 Å². The number of nitrogens with one attached hydrogen (secondary N) is 2. The number of aromatic amines is 1. The molecule has 4 rings (SSSR count). The average molecular weight is 432 g/mol. The molecule has 2 aromatic heterocycles. The van der Waals surface area contributed by atoms with Crippen molar-refractivity contribution < 1.29 is 4.79 Å². The number of aryl methyl sites for hydroxylation is 1. The number of amides is 1. The van der Waals surface area contributed by atoms with Gasteiger partial charge in [-0.3, -0.25) is 14.3 Å². The first-order chi connectivity index (χ1) is 14.0. The second-order valence-corrected chi connectivity index (χ2v) is 8.80. The molecule has 0 saturated heterocycles. The minimum Gasteiger partial charge on any atom is -0.309 e. The predicted molar refractivity (Wildman–Crippen MR) is 118 cm³/mol. The molecule has 1 aliphatic rings. The molecule has 0 fully saturated rings. The molecule has 10 heteroatoms. The lowest BCUT2D eigenvalue weighted by Crippen LogP contribution is -2.43. The fraction of sp³-hybridized carbons (Fsp3) is 0.368. The van der Waals surface area contributed by atoms with Crippen LogP contribution in [0.1, 0.15) is 23.7 Å². The molecule has 0 aliphatic carbocycles. The maximum absolute atomic E-state index is 13.2. The van der Waals surface area contributed by atoms with E-state index in [1.165, 1.54) is 0 Å². The largest absolute Gasteiger partial charge is 0.329 e. The highest BCUT2D eigenvalue weighted by molar-refractivity contribution is 7.98. The Bertz CT molecular complexity index is 1200. The molecule has 1 aromatic carbocycles. The van der Waals surface area contributed by atoms with Crippen molar-refractivity contribution in [3.05, 3.63) is 56.4 Å². The van der Waals surface area contributed by atoms with E-state index in [2.05, 4.69) is 15.4 Å². The van der Waals surface area contributed by atoms with Crippen molar-refractivity contribution in [3.8, 4) is 0 Å². The smallest absolute Gasteiger partial charge is 0.309 e. The third-order valence-electron chi connectivity index (χ3n) is 5.00. The minimum absolute atomic E-state index is 0.364. The second-order valence-electron chi connectivity index (χ2n) is 6.83. The molecule has 1 amide bonds. The molecule has 1 unspecified atom stereocenters. The molecule has 152 valence electrons. The molecule has 0 saturated carbocycles. The topological polar surface area (TPSA) is 102 Å². The van der Waals surface area contributed by atoms with Gasteiger partial charge in [-0.1, -0.05) is 12.1 Å². The van der Waals surface area contributed by atoms with Crippen LogP contribution in [0, 0.1) is 0 Å². The van der Waals surface area contributed by atoms with Crippen molar-refractivity contribution in [2.75, 3.05) is 17.3 Å². The van der Waals surface area contributed by atoms with Gasteiger partial charge < -0.3 is 10.3 Å². The standard InChI is InChI=1S/C19H21N5O3S2/c1-23-16(12-9-29-10-14(12)22-23)21-17(25)15(7-8-28-2)24-18(26)11-5-3-4-6-13(11)20-19(24)27/h3-6,15H,7-10H2,1-2H3,(H,20,27)(H,21,25). The van der Waals surface area contributed by atoms with Crippen LogP contribution in [0.5, 0.6) is 0 Å². The Hall–Kier alpha value is -2.46. The van der Waals surface area contributed by atoms with Crippen LogP contribution in [0.25, 0.3) is 10.9 Å². The lowest BCUT2D eigenvalue weighted by Gasteiger charge is -2.19. The number of H-pyrrole nitrogens is 1. The van der Waals surface area contributed by atoms with E-state index in [1.54, 1.807) is 59.5 Å². The number of benzene rings is 1. The van der Waals surface area contributed by atoms with Crippen LogP contribution in [-0.2, 0) is 23.3 Å². The zero-order chi connectivity index (χ0) is 20.5. The van der Waals surface area contributed by atoms with Crippen molar-refractivity contribution in [2.24, 2.45) is 7.05 Å². The number of hydrogen-bond donors (Lipinski definition) is 2. The summed E-state index contributed by atoms with van der Waals surface area (Å²) in [7, 11) is 1.78. The van der Waals surface area contributed by atoms with E-state index < -0.39 is 17.3 Å². The molecule has 0 spiro atoms. The number of anilines is 1. The van der Waals surface area contributed by atoms with Crippen LogP contribution < -0.4 is 16.6 Å².